The molecule has 3 aromatic carbocycles. The monoisotopic (exact) mass is 464 g/mol. The number of rotatable bonds is 5. The van der Waals surface area contributed by atoms with Gasteiger partial charge in [0.1, 0.15) is 5.75 Å². The molecule has 0 aromatic heterocycles. The SMILES string of the molecule is CC(=O)Oc1ccc(-c2ccc(C(=O)N3CCc4cc(S(=O)(=O)N(C)C)ccc43)cc2)cc1. The standard InChI is InChI=1S/C25H24N2O5S/c1-17(28)32-22-10-8-19(9-11-22)18-4-6-20(7-5-18)25(29)27-15-14-21-16-23(12-13-24(21)27)33(30,31)26(2)3/h4-13,16H,14-15H2,1-3H3. The highest BCUT2D eigenvalue weighted by Gasteiger charge is 2.28. The summed E-state index contributed by atoms with van der Waals surface area (Å²) in [7, 11) is -0.530. The summed E-state index contributed by atoms with van der Waals surface area (Å²) in [5.41, 5.74) is 4.00. The Balaban J connectivity index is 1.53. The van der Waals surface area contributed by atoms with E-state index < -0.39 is 10.0 Å². The van der Waals surface area contributed by atoms with Crippen molar-refractivity contribution in [2.24, 2.45) is 0 Å². The first-order chi connectivity index (χ1) is 15.7. The van der Waals surface area contributed by atoms with E-state index in [9.17, 15) is 18.0 Å². The maximum atomic E-state index is 13.1. The number of ether oxygens (including phenoxy) is 1. The fourth-order valence-corrected chi connectivity index (χ4v) is 4.76. The number of nitrogens with zero attached hydrogens (tertiary/aromatic N) is 2. The van der Waals surface area contributed by atoms with Crippen molar-refractivity contribution in [3.8, 4) is 16.9 Å². The molecule has 0 unspecified atom stereocenters. The van der Waals surface area contributed by atoms with Crippen molar-refractivity contribution in [3.63, 3.8) is 0 Å². The molecular weight excluding hydrogens is 440 g/mol. The van der Waals surface area contributed by atoms with E-state index in [4.69, 9.17) is 4.74 Å². The maximum Gasteiger partial charge on any atom is 0.308 e. The minimum atomic E-state index is -3.52. The summed E-state index contributed by atoms with van der Waals surface area (Å²) in [6, 6.07) is 19.4. The summed E-state index contributed by atoms with van der Waals surface area (Å²) < 4.78 is 31.0. The van der Waals surface area contributed by atoms with E-state index in [1.165, 1.54) is 25.3 Å². The Labute approximate surface area is 193 Å². The topological polar surface area (TPSA) is 84.0 Å². The molecule has 0 spiro atoms. The zero-order valence-corrected chi connectivity index (χ0v) is 19.4. The highest BCUT2D eigenvalue weighted by atomic mass is 32.2. The van der Waals surface area contributed by atoms with Crippen LogP contribution in [0.3, 0.4) is 0 Å². The number of amides is 1. The molecule has 33 heavy (non-hydrogen) atoms. The van der Waals surface area contributed by atoms with E-state index in [2.05, 4.69) is 0 Å². The first-order valence-corrected chi connectivity index (χ1v) is 11.9. The molecule has 0 atom stereocenters. The number of carbonyl (C=O) groups excluding carboxylic acids is 2. The summed E-state index contributed by atoms with van der Waals surface area (Å²) in [4.78, 5) is 26.1. The molecule has 0 fully saturated rings. The largest absolute Gasteiger partial charge is 0.427 e. The van der Waals surface area contributed by atoms with Gasteiger partial charge in [0.05, 0.1) is 4.90 Å². The summed E-state index contributed by atoms with van der Waals surface area (Å²) in [5.74, 6) is -0.0225. The molecule has 0 saturated carbocycles. The molecule has 0 bridgehead atoms. The fraction of sp³-hybridized carbons (Fsp3) is 0.200. The van der Waals surface area contributed by atoms with Gasteiger partial charge < -0.3 is 9.64 Å². The first-order valence-electron chi connectivity index (χ1n) is 10.4. The molecule has 0 saturated heterocycles. The summed E-state index contributed by atoms with van der Waals surface area (Å²) >= 11 is 0. The Hall–Kier alpha value is -3.49. The van der Waals surface area contributed by atoms with Crippen LogP contribution in [0.4, 0.5) is 5.69 Å². The van der Waals surface area contributed by atoms with Crippen LogP contribution in [0.5, 0.6) is 5.75 Å². The predicted octanol–water partition coefficient (Wildman–Crippen LogP) is 3.73. The Morgan fingerprint density at radius 1 is 0.909 bits per heavy atom. The van der Waals surface area contributed by atoms with Gasteiger partial charge in [-0.2, -0.15) is 0 Å². The third kappa shape index (κ3) is 4.53. The van der Waals surface area contributed by atoms with Crippen LogP contribution in [0.25, 0.3) is 11.1 Å². The third-order valence-electron chi connectivity index (χ3n) is 5.55. The first kappa shape index (κ1) is 22.7. The second-order valence-electron chi connectivity index (χ2n) is 7.98. The molecular formula is C25H24N2O5S. The summed E-state index contributed by atoms with van der Waals surface area (Å²) in [6.07, 6.45) is 0.602. The van der Waals surface area contributed by atoms with Gasteiger partial charge in [-0.05, 0) is 65.6 Å². The van der Waals surface area contributed by atoms with E-state index in [0.29, 0.717) is 24.3 Å². The molecule has 1 heterocycles. The number of benzene rings is 3. The number of fused-ring (bicyclic) bond motifs is 1. The number of hydrogen-bond donors (Lipinski definition) is 0. The van der Waals surface area contributed by atoms with Crippen LogP contribution >= 0.6 is 0 Å². The van der Waals surface area contributed by atoms with Gasteiger partial charge in [-0.3, -0.25) is 9.59 Å². The number of sulfonamides is 1. The van der Waals surface area contributed by atoms with Crippen molar-refractivity contribution < 1.29 is 22.7 Å². The van der Waals surface area contributed by atoms with Gasteiger partial charge in [-0.1, -0.05) is 24.3 Å². The Morgan fingerprint density at radius 2 is 1.52 bits per heavy atom. The van der Waals surface area contributed by atoms with E-state index >= 15 is 0 Å². The van der Waals surface area contributed by atoms with Crippen molar-refractivity contribution in [2.75, 3.05) is 25.5 Å². The van der Waals surface area contributed by atoms with Crippen LogP contribution in [0.15, 0.2) is 71.6 Å². The zero-order valence-electron chi connectivity index (χ0n) is 18.6. The van der Waals surface area contributed by atoms with Gasteiger partial charge in [0, 0.05) is 38.8 Å². The number of carbonyl (C=O) groups is 2. The Kier molecular flexibility index (Phi) is 6.05. The van der Waals surface area contributed by atoms with Crippen molar-refractivity contribution in [1.29, 1.82) is 0 Å². The molecule has 8 heteroatoms. The molecule has 0 aliphatic carbocycles. The van der Waals surface area contributed by atoms with Crippen molar-refractivity contribution in [2.45, 2.75) is 18.2 Å². The Morgan fingerprint density at radius 3 is 2.09 bits per heavy atom. The van der Waals surface area contributed by atoms with Crippen LogP contribution in [0, 0.1) is 0 Å². The average Bonchev–Trinajstić information content (AvgIpc) is 3.22. The van der Waals surface area contributed by atoms with E-state index in [-0.39, 0.29) is 16.8 Å². The van der Waals surface area contributed by atoms with Crippen LogP contribution < -0.4 is 9.64 Å². The summed E-state index contributed by atoms with van der Waals surface area (Å²) in [5, 5.41) is 0. The van der Waals surface area contributed by atoms with Crippen LogP contribution in [0.2, 0.25) is 0 Å². The zero-order chi connectivity index (χ0) is 23.8. The van der Waals surface area contributed by atoms with Gasteiger partial charge in [-0.25, -0.2) is 12.7 Å². The molecule has 1 aliphatic heterocycles. The molecule has 4 rings (SSSR count). The summed E-state index contributed by atoms with van der Waals surface area (Å²) in [6.45, 7) is 1.85. The van der Waals surface area contributed by atoms with Crippen molar-refractivity contribution in [1.82, 2.24) is 4.31 Å². The average molecular weight is 465 g/mol. The normalized spacial score (nSPS) is 13.2. The number of anilines is 1. The molecule has 3 aromatic rings. The highest BCUT2D eigenvalue weighted by molar-refractivity contribution is 7.89. The second kappa shape index (κ2) is 8.80. The molecule has 170 valence electrons. The molecule has 1 amide bonds. The quantitative estimate of drug-likeness (QED) is 0.424. The molecule has 0 N–H and O–H groups in total. The minimum Gasteiger partial charge on any atom is -0.427 e. The van der Waals surface area contributed by atoms with Crippen LogP contribution in [-0.2, 0) is 21.2 Å². The molecule has 0 radical (unpaired) electrons. The lowest BCUT2D eigenvalue weighted by molar-refractivity contribution is -0.131. The molecule has 7 nitrogen and oxygen atoms in total. The van der Waals surface area contributed by atoms with Crippen LogP contribution in [0.1, 0.15) is 22.8 Å². The smallest absolute Gasteiger partial charge is 0.308 e. The fourth-order valence-electron chi connectivity index (χ4n) is 3.80. The van der Waals surface area contributed by atoms with Gasteiger partial charge >= 0.3 is 5.97 Å². The highest BCUT2D eigenvalue weighted by Crippen LogP contribution is 2.32. The minimum absolute atomic E-state index is 0.131. The maximum absolute atomic E-state index is 13.1. The third-order valence-corrected chi connectivity index (χ3v) is 7.36. The van der Waals surface area contributed by atoms with E-state index in [1.54, 1.807) is 47.4 Å². The lowest BCUT2D eigenvalue weighted by Crippen LogP contribution is -2.28. The Bertz CT molecular complexity index is 1310. The predicted molar refractivity (Wildman–Crippen MR) is 126 cm³/mol. The lowest BCUT2D eigenvalue weighted by Gasteiger charge is -2.18. The number of esters is 1. The van der Waals surface area contributed by atoms with Gasteiger partial charge in [0.25, 0.3) is 5.91 Å². The van der Waals surface area contributed by atoms with E-state index in [0.717, 1.165) is 22.4 Å². The van der Waals surface area contributed by atoms with Gasteiger partial charge in [0.2, 0.25) is 10.0 Å². The lowest BCUT2D eigenvalue weighted by atomic mass is 10.0. The van der Waals surface area contributed by atoms with Crippen molar-refractivity contribution in [3.05, 3.63) is 77.9 Å². The van der Waals surface area contributed by atoms with Crippen molar-refractivity contribution >= 4 is 27.6 Å². The second-order valence-corrected chi connectivity index (χ2v) is 10.1. The van der Waals surface area contributed by atoms with Gasteiger partial charge in [0.15, 0.2) is 0 Å². The van der Waals surface area contributed by atoms with Gasteiger partial charge in [-0.15, -0.1) is 0 Å². The number of hydrogen-bond acceptors (Lipinski definition) is 5. The van der Waals surface area contributed by atoms with Crippen LogP contribution in [-0.4, -0.2) is 45.2 Å². The van der Waals surface area contributed by atoms with E-state index in [1.807, 2.05) is 24.3 Å². The molecule has 1 aliphatic rings.